The summed E-state index contributed by atoms with van der Waals surface area (Å²) in [5.74, 6) is -0.0873. The Labute approximate surface area is 182 Å². The van der Waals surface area contributed by atoms with E-state index in [9.17, 15) is 9.59 Å². The Morgan fingerprint density at radius 1 is 0.903 bits per heavy atom. The van der Waals surface area contributed by atoms with Crippen LogP contribution in [0.25, 0.3) is 0 Å². The Balaban J connectivity index is 1.32. The molecule has 0 aliphatic carbocycles. The van der Waals surface area contributed by atoms with E-state index >= 15 is 0 Å². The minimum atomic E-state index is -0.181. The molecule has 6 nitrogen and oxygen atoms in total. The highest BCUT2D eigenvalue weighted by molar-refractivity contribution is 6.04. The molecule has 0 unspecified atom stereocenters. The van der Waals surface area contributed by atoms with Gasteiger partial charge in [0.15, 0.2) is 0 Å². The van der Waals surface area contributed by atoms with Crippen molar-refractivity contribution in [2.45, 2.75) is 13.3 Å². The van der Waals surface area contributed by atoms with E-state index in [2.05, 4.69) is 22.1 Å². The van der Waals surface area contributed by atoms with Crippen LogP contribution in [0.4, 0.5) is 11.4 Å². The first-order chi connectivity index (χ1) is 15.1. The quantitative estimate of drug-likeness (QED) is 0.689. The average Bonchev–Trinajstić information content (AvgIpc) is 2.85. The Bertz CT molecular complexity index is 1030. The number of anilines is 2. The number of rotatable bonds is 5. The van der Waals surface area contributed by atoms with Gasteiger partial charge in [0.2, 0.25) is 0 Å². The molecule has 0 spiro atoms. The van der Waals surface area contributed by atoms with Crippen molar-refractivity contribution >= 4 is 23.2 Å². The Morgan fingerprint density at radius 2 is 1.61 bits per heavy atom. The summed E-state index contributed by atoms with van der Waals surface area (Å²) in [5, 5.41) is 2.89. The second kappa shape index (κ2) is 9.43. The molecule has 6 heteroatoms. The highest BCUT2D eigenvalue weighted by Crippen LogP contribution is 2.21. The van der Waals surface area contributed by atoms with E-state index in [1.165, 1.54) is 5.56 Å². The van der Waals surface area contributed by atoms with Crippen LogP contribution in [0.1, 0.15) is 33.2 Å². The molecule has 1 fully saturated rings. The van der Waals surface area contributed by atoms with Crippen LogP contribution < -0.4 is 10.2 Å². The van der Waals surface area contributed by atoms with Crippen molar-refractivity contribution in [3.05, 3.63) is 89.7 Å². The van der Waals surface area contributed by atoms with E-state index in [1.54, 1.807) is 24.5 Å². The van der Waals surface area contributed by atoms with Gasteiger partial charge in [-0.3, -0.25) is 14.6 Å². The van der Waals surface area contributed by atoms with Crippen LogP contribution in [-0.2, 0) is 6.42 Å². The van der Waals surface area contributed by atoms with E-state index in [0.29, 0.717) is 18.7 Å². The van der Waals surface area contributed by atoms with E-state index in [1.807, 2.05) is 53.4 Å². The normalized spacial score (nSPS) is 13.7. The monoisotopic (exact) mass is 414 g/mol. The predicted octanol–water partition coefficient (Wildman–Crippen LogP) is 3.86. The predicted molar refractivity (Wildman–Crippen MR) is 123 cm³/mol. The number of pyridine rings is 1. The molecule has 1 N–H and O–H groups in total. The first-order valence-electron chi connectivity index (χ1n) is 10.6. The lowest BCUT2D eigenvalue weighted by Crippen LogP contribution is -2.48. The third-order valence-corrected chi connectivity index (χ3v) is 5.59. The number of hydrogen-bond acceptors (Lipinski definition) is 4. The molecule has 0 saturated carbocycles. The summed E-state index contributed by atoms with van der Waals surface area (Å²) in [4.78, 5) is 33.2. The average molecular weight is 415 g/mol. The van der Waals surface area contributed by atoms with Crippen molar-refractivity contribution in [3.8, 4) is 0 Å². The second-order valence-electron chi connectivity index (χ2n) is 7.57. The third-order valence-electron chi connectivity index (χ3n) is 5.59. The van der Waals surface area contributed by atoms with Crippen LogP contribution in [0.3, 0.4) is 0 Å². The zero-order valence-electron chi connectivity index (χ0n) is 17.6. The highest BCUT2D eigenvalue weighted by Gasteiger charge is 2.22. The standard InChI is InChI=1S/C25H26N4O2/c1-2-19-5-7-20(8-6-19)25(31)29-16-14-28(15-17-29)23-11-9-22(10-12-23)27-24(30)21-4-3-13-26-18-21/h3-13,18H,2,14-17H2,1H3,(H,27,30). The lowest BCUT2D eigenvalue weighted by molar-refractivity contribution is 0.0746. The zero-order chi connectivity index (χ0) is 21.6. The van der Waals surface area contributed by atoms with Crippen LogP contribution in [-0.4, -0.2) is 47.9 Å². The van der Waals surface area contributed by atoms with Crippen molar-refractivity contribution in [3.63, 3.8) is 0 Å². The van der Waals surface area contributed by atoms with Crippen LogP contribution in [0.15, 0.2) is 73.1 Å². The van der Waals surface area contributed by atoms with Crippen molar-refractivity contribution in [2.24, 2.45) is 0 Å². The molecule has 3 aromatic rings. The number of benzene rings is 2. The Morgan fingerprint density at radius 3 is 2.23 bits per heavy atom. The number of aryl methyl sites for hydroxylation is 1. The first kappa shape index (κ1) is 20.6. The van der Waals surface area contributed by atoms with Gasteiger partial charge in [0.05, 0.1) is 5.56 Å². The third kappa shape index (κ3) is 4.91. The second-order valence-corrected chi connectivity index (χ2v) is 7.57. The summed E-state index contributed by atoms with van der Waals surface area (Å²) in [5.41, 5.74) is 4.33. The Kier molecular flexibility index (Phi) is 6.26. The van der Waals surface area contributed by atoms with Gasteiger partial charge in [-0.15, -0.1) is 0 Å². The number of piperazine rings is 1. The summed E-state index contributed by atoms with van der Waals surface area (Å²) in [7, 11) is 0. The van der Waals surface area contributed by atoms with E-state index in [0.717, 1.165) is 36.4 Å². The molecular formula is C25H26N4O2. The van der Waals surface area contributed by atoms with Gasteiger partial charge in [-0.05, 0) is 60.5 Å². The summed E-state index contributed by atoms with van der Waals surface area (Å²) in [6, 6.07) is 19.2. The van der Waals surface area contributed by atoms with E-state index in [-0.39, 0.29) is 11.8 Å². The van der Waals surface area contributed by atoms with Crippen LogP contribution in [0.2, 0.25) is 0 Å². The summed E-state index contributed by atoms with van der Waals surface area (Å²) in [6.45, 7) is 5.04. The van der Waals surface area contributed by atoms with Gasteiger partial charge in [0.25, 0.3) is 11.8 Å². The number of carbonyl (C=O) groups excluding carboxylic acids is 2. The summed E-state index contributed by atoms with van der Waals surface area (Å²) < 4.78 is 0. The van der Waals surface area contributed by atoms with Crippen molar-refractivity contribution in [2.75, 3.05) is 36.4 Å². The van der Waals surface area contributed by atoms with Crippen molar-refractivity contribution < 1.29 is 9.59 Å². The topological polar surface area (TPSA) is 65.5 Å². The van der Waals surface area contributed by atoms with Crippen LogP contribution in [0, 0.1) is 0 Å². The molecule has 4 rings (SSSR count). The molecule has 0 atom stereocenters. The van der Waals surface area contributed by atoms with Gasteiger partial charge in [-0.1, -0.05) is 19.1 Å². The largest absolute Gasteiger partial charge is 0.368 e. The van der Waals surface area contributed by atoms with Crippen molar-refractivity contribution in [1.82, 2.24) is 9.88 Å². The minimum Gasteiger partial charge on any atom is -0.368 e. The maximum atomic E-state index is 12.8. The van der Waals surface area contributed by atoms with Gasteiger partial charge in [-0.2, -0.15) is 0 Å². The fraction of sp³-hybridized carbons (Fsp3) is 0.240. The number of hydrogen-bond donors (Lipinski definition) is 1. The van der Waals surface area contributed by atoms with Gasteiger partial charge in [0.1, 0.15) is 0 Å². The maximum absolute atomic E-state index is 12.8. The maximum Gasteiger partial charge on any atom is 0.257 e. The first-order valence-corrected chi connectivity index (χ1v) is 10.6. The van der Waals surface area contributed by atoms with Gasteiger partial charge in [-0.25, -0.2) is 0 Å². The SMILES string of the molecule is CCc1ccc(C(=O)N2CCN(c3ccc(NC(=O)c4cccnc4)cc3)CC2)cc1. The molecule has 1 aliphatic heterocycles. The fourth-order valence-corrected chi connectivity index (χ4v) is 3.69. The molecule has 2 heterocycles. The summed E-state index contributed by atoms with van der Waals surface area (Å²) >= 11 is 0. The molecule has 1 aromatic heterocycles. The van der Waals surface area contributed by atoms with Gasteiger partial charge < -0.3 is 15.1 Å². The molecular weight excluding hydrogens is 388 g/mol. The molecule has 1 aliphatic rings. The zero-order valence-corrected chi connectivity index (χ0v) is 17.6. The molecule has 2 amide bonds. The van der Waals surface area contributed by atoms with Gasteiger partial charge in [0, 0.05) is 55.5 Å². The number of carbonyl (C=O) groups is 2. The molecule has 0 bridgehead atoms. The lowest BCUT2D eigenvalue weighted by Gasteiger charge is -2.36. The molecule has 158 valence electrons. The highest BCUT2D eigenvalue weighted by atomic mass is 16.2. The van der Waals surface area contributed by atoms with E-state index in [4.69, 9.17) is 0 Å². The van der Waals surface area contributed by atoms with Gasteiger partial charge >= 0.3 is 0 Å². The summed E-state index contributed by atoms with van der Waals surface area (Å²) in [6.07, 6.45) is 4.16. The molecule has 31 heavy (non-hydrogen) atoms. The van der Waals surface area contributed by atoms with Crippen molar-refractivity contribution in [1.29, 1.82) is 0 Å². The smallest absolute Gasteiger partial charge is 0.257 e. The molecule has 1 saturated heterocycles. The minimum absolute atomic E-state index is 0.0933. The molecule has 2 aromatic carbocycles. The van der Waals surface area contributed by atoms with Crippen LogP contribution in [0.5, 0.6) is 0 Å². The van der Waals surface area contributed by atoms with Crippen LogP contribution >= 0.6 is 0 Å². The van der Waals surface area contributed by atoms with E-state index < -0.39 is 0 Å². The number of aromatic nitrogens is 1. The Hall–Kier alpha value is -3.67. The number of nitrogens with zero attached hydrogens (tertiary/aromatic N) is 3. The number of nitrogens with one attached hydrogen (secondary N) is 1. The molecule has 0 radical (unpaired) electrons. The lowest BCUT2D eigenvalue weighted by atomic mass is 10.1. The fourth-order valence-electron chi connectivity index (χ4n) is 3.69. The number of amides is 2.